The molecule has 4 nitrogen and oxygen atoms in total. The van der Waals surface area contributed by atoms with Gasteiger partial charge in [-0.15, -0.1) is 0 Å². The molecule has 0 aromatic heterocycles. The summed E-state index contributed by atoms with van der Waals surface area (Å²) >= 11 is 0. The SMILES string of the molecule is CN1CCOC2(CCS(=O)(=O)C2)C1. The average molecular weight is 205 g/mol. The maximum absolute atomic E-state index is 11.3. The molecule has 5 heteroatoms. The number of ether oxygens (including phenoxy) is 1. The Kier molecular flexibility index (Phi) is 2.13. The molecule has 1 atom stereocenters. The lowest BCUT2D eigenvalue weighted by atomic mass is 10.0. The summed E-state index contributed by atoms with van der Waals surface area (Å²) in [7, 11) is -0.820. The highest BCUT2D eigenvalue weighted by Crippen LogP contribution is 2.30. The Balaban J connectivity index is 2.14. The van der Waals surface area contributed by atoms with E-state index in [1.807, 2.05) is 7.05 Å². The van der Waals surface area contributed by atoms with E-state index in [4.69, 9.17) is 4.74 Å². The molecule has 2 heterocycles. The summed E-state index contributed by atoms with van der Waals surface area (Å²) in [5.41, 5.74) is -0.383. The van der Waals surface area contributed by atoms with E-state index >= 15 is 0 Å². The second kappa shape index (κ2) is 2.93. The summed E-state index contributed by atoms with van der Waals surface area (Å²) in [6.07, 6.45) is 0.666. The van der Waals surface area contributed by atoms with Gasteiger partial charge in [-0.2, -0.15) is 0 Å². The number of hydrogen-bond acceptors (Lipinski definition) is 4. The van der Waals surface area contributed by atoms with Crippen molar-refractivity contribution in [2.24, 2.45) is 0 Å². The van der Waals surface area contributed by atoms with Crippen LogP contribution in [0.15, 0.2) is 0 Å². The Morgan fingerprint density at radius 2 is 2.23 bits per heavy atom. The minimum Gasteiger partial charge on any atom is -0.371 e. The van der Waals surface area contributed by atoms with E-state index < -0.39 is 9.84 Å². The van der Waals surface area contributed by atoms with Crippen LogP contribution in [0, 0.1) is 0 Å². The topological polar surface area (TPSA) is 46.6 Å². The molecule has 2 aliphatic rings. The van der Waals surface area contributed by atoms with Gasteiger partial charge in [0, 0.05) is 13.1 Å². The van der Waals surface area contributed by atoms with E-state index in [-0.39, 0.29) is 11.4 Å². The van der Waals surface area contributed by atoms with Crippen molar-refractivity contribution in [2.75, 3.05) is 38.2 Å². The maximum atomic E-state index is 11.3. The van der Waals surface area contributed by atoms with Crippen molar-refractivity contribution in [3.63, 3.8) is 0 Å². The third-order valence-corrected chi connectivity index (χ3v) is 4.58. The fourth-order valence-corrected chi connectivity index (χ4v) is 4.11. The quantitative estimate of drug-likeness (QED) is 0.535. The van der Waals surface area contributed by atoms with Gasteiger partial charge in [-0.05, 0) is 13.5 Å². The van der Waals surface area contributed by atoms with Gasteiger partial charge in [0.25, 0.3) is 0 Å². The predicted octanol–water partition coefficient (Wildman–Crippen LogP) is -0.494. The van der Waals surface area contributed by atoms with Gasteiger partial charge < -0.3 is 9.64 Å². The lowest BCUT2D eigenvalue weighted by Gasteiger charge is -2.37. The molecule has 76 valence electrons. The predicted molar refractivity (Wildman–Crippen MR) is 49.5 cm³/mol. The van der Waals surface area contributed by atoms with E-state index in [1.54, 1.807) is 0 Å². The molecule has 0 aromatic carbocycles. The second-order valence-electron chi connectivity index (χ2n) is 4.11. The maximum Gasteiger partial charge on any atom is 0.153 e. The summed E-state index contributed by atoms with van der Waals surface area (Å²) in [5, 5.41) is 0. The average Bonchev–Trinajstić information content (AvgIpc) is 2.26. The molecule has 2 aliphatic heterocycles. The van der Waals surface area contributed by atoms with E-state index in [9.17, 15) is 8.42 Å². The summed E-state index contributed by atoms with van der Waals surface area (Å²) in [5.74, 6) is 0.505. The second-order valence-corrected chi connectivity index (χ2v) is 6.30. The third kappa shape index (κ3) is 1.87. The van der Waals surface area contributed by atoms with Crippen LogP contribution in [-0.2, 0) is 14.6 Å². The van der Waals surface area contributed by atoms with Crippen molar-refractivity contribution in [3.8, 4) is 0 Å². The Hall–Kier alpha value is -0.130. The fraction of sp³-hybridized carbons (Fsp3) is 1.00. The van der Waals surface area contributed by atoms with Crippen LogP contribution in [0.3, 0.4) is 0 Å². The Morgan fingerprint density at radius 1 is 1.46 bits per heavy atom. The largest absolute Gasteiger partial charge is 0.371 e. The highest BCUT2D eigenvalue weighted by Gasteiger charge is 2.45. The van der Waals surface area contributed by atoms with Gasteiger partial charge in [0.05, 0.1) is 23.7 Å². The number of rotatable bonds is 0. The van der Waals surface area contributed by atoms with Crippen LogP contribution in [0.1, 0.15) is 6.42 Å². The first-order chi connectivity index (χ1) is 6.02. The highest BCUT2D eigenvalue weighted by atomic mass is 32.2. The molecule has 2 saturated heterocycles. The smallest absolute Gasteiger partial charge is 0.153 e. The number of morpholine rings is 1. The summed E-state index contributed by atoms with van der Waals surface area (Å²) in [4.78, 5) is 2.14. The first kappa shape index (κ1) is 9.43. The van der Waals surface area contributed by atoms with Crippen molar-refractivity contribution >= 4 is 9.84 Å². The molecule has 13 heavy (non-hydrogen) atoms. The lowest BCUT2D eigenvalue weighted by Crippen LogP contribution is -2.51. The highest BCUT2D eigenvalue weighted by molar-refractivity contribution is 7.91. The number of hydrogen-bond donors (Lipinski definition) is 0. The van der Waals surface area contributed by atoms with E-state index in [2.05, 4.69) is 4.90 Å². The molecule has 0 aromatic rings. The van der Waals surface area contributed by atoms with Gasteiger partial charge in [0.1, 0.15) is 0 Å². The zero-order valence-corrected chi connectivity index (χ0v) is 8.64. The first-order valence-electron chi connectivity index (χ1n) is 4.54. The summed E-state index contributed by atoms with van der Waals surface area (Å²) in [6, 6.07) is 0. The van der Waals surface area contributed by atoms with Crippen molar-refractivity contribution < 1.29 is 13.2 Å². The van der Waals surface area contributed by atoms with E-state index in [1.165, 1.54) is 0 Å². The molecule has 1 unspecified atom stereocenters. The Morgan fingerprint density at radius 3 is 2.77 bits per heavy atom. The van der Waals surface area contributed by atoms with Crippen LogP contribution in [0.4, 0.5) is 0 Å². The standard InChI is InChI=1S/C8H15NO3S/c1-9-3-4-12-8(6-9)2-5-13(10,11)7-8/h2-7H2,1H3. The van der Waals surface area contributed by atoms with E-state index in [0.29, 0.717) is 18.8 Å². The Bertz CT molecular complexity index is 301. The molecule has 0 aliphatic carbocycles. The minimum absolute atomic E-state index is 0.213. The molecule has 0 N–H and O–H groups in total. The van der Waals surface area contributed by atoms with Crippen LogP contribution >= 0.6 is 0 Å². The molecule has 0 amide bonds. The van der Waals surface area contributed by atoms with Crippen LogP contribution < -0.4 is 0 Å². The van der Waals surface area contributed by atoms with Gasteiger partial charge in [0.2, 0.25) is 0 Å². The molecular formula is C8H15NO3S. The number of sulfone groups is 1. The van der Waals surface area contributed by atoms with Crippen molar-refractivity contribution in [1.29, 1.82) is 0 Å². The van der Waals surface area contributed by atoms with Crippen molar-refractivity contribution in [3.05, 3.63) is 0 Å². The van der Waals surface area contributed by atoms with E-state index in [0.717, 1.165) is 13.1 Å². The molecule has 0 radical (unpaired) electrons. The van der Waals surface area contributed by atoms with Crippen molar-refractivity contribution in [2.45, 2.75) is 12.0 Å². The normalized spacial score (nSPS) is 39.8. The zero-order chi connectivity index (χ0) is 9.53. The summed E-state index contributed by atoms with van der Waals surface area (Å²) < 4.78 is 28.2. The van der Waals surface area contributed by atoms with Gasteiger partial charge in [0.15, 0.2) is 9.84 Å². The summed E-state index contributed by atoms with van der Waals surface area (Å²) in [6.45, 7) is 2.32. The first-order valence-corrected chi connectivity index (χ1v) is 6.37. The van der Waals surface area contributed by atoms with Crippen molar-refractivity contribution in [1.82, 2.24) is 4.90 Å². The van der Waals surface area contributed by atoms with Gasteiger partial charge in [-0.1, -0.05) is 0 Å². The zero-order valence-electron chi connectivity index (χ0n) is 7.82. The van der Waals surface area contributed by atoms with Crippen LogP contribution in [0.25, 0.3) is 0 Å². The van der Waals surface area contributed by atoms with Gasteiger partial charge in [-0.25, -0.2) is 8.42 Å². The van der Waals surface area contributed by atoms with Gasteiger partial charge >= 0.3 is 0 Å². The molecule has 0 bridgehead atoms. The number of nitrogens with zero attached hydrogens (tertiary/aromatic N) is 1. The monoisotopic (exact) mass is 205 g/mol. The van der Waals surface area contributed by atoms with Gasteiger partial charge in [-0.3, -0.25) is 0 Å². The minimum atomic E-state index is -2.83. The molecular weight excluding hydrogens is 190 g/mol. The Labute approximate surface area is 78.8 Å². The molecule has 1 spiro atoms. The molecule has 0 saturated carbocycles. The lowest BCUT2D eigenvalue weighted by molar-refractivity contribution is -0.0858. The van der Waals surface area contributed by atoms with Crippen LogP contribution in [0.2, 0.25) is 0 Å². The third-order valence-electron chi connectivity index (χ3n) is 2.79. The number of likely N-dealkylation sites (N-methyl/N-ethyl adjacent to an activating group) is 1. The van der Waals surface area contributed by atoms with Crippen LogP contribution in [-0.4, -0.2) is 57.2 Å². The fourth-order valence-electron chi connectivity index (χ4n) is 2.16. The molecule has 2 rings (SSSR count). The molecule has 2 fully saturated rings. The van der Waals surface area contributed by atoms with Crippen LogP contribution in [0.5, 0.6) is 0 Å².